The summed E-state index contributed by atoms with van der Waals surface area (Å²) in [5.74, 6) is 0.446. The topological polar surface area (TPSA) is 124 Å². The van der Waals surface area contributed by atoms with Crippen LogP contribution in [-0.2, 0) is 4.79 Å². The van der Waals surface area contributed by atoms with E-state index < -0.39 is 12.0 Å². The highest BCUT2D eigenvalue weighted by molar-refractivity contribution is 7.07. The van der Waals surface area contributed by atoms with Gasteiger partial charge in [0.1, 0.15) is 29.1 Å². The minimum atomic E-state index is -1.15. The van der Waals surface area contributed by atoms with Crippen molar-refractivity contribution in [3.8, 4) is 22.8 Å². The summed E-state index contributed by atoms with van der Waals surface area (Å²) in [4.78, 5) is 46.4. The van der Waals surface area contributed by atoms with Gasteiger partial charge in [-0.2, -0.15) is 0 Å². The number of halogens is 1. The van der Waals surface area contributed by atoms with Crippen LogP contribution in [0, 0.1) is 0 Å². The van der Waals surface area contributed by atoms with E-state index in [4.69, 9.17) is 30.5 Å². The van der Waals surface area contributed by atoms with Gasteiger partial charge in [-0.15, -0.1) is 0 Å². The lowest BCUT2D eigenvalue weighted by atomic mass is 9.93. The molecule has 0 spiro atoms. The first kappa shape index (κ1) is 30.8. The number of carbonyl (C=O) groups is 2. The zero-order chi connectivity index (χ0) is 31.7. The highest BCUT2D eigenvalue weighted by Crippen LogP contribution is 2.38. The molecule has 2 aromatic carbocycles. The molecular weight excluding hydrogens is 606 g/mol. The van der Waals surface area contributed by atoms with Gasteiger partial charge in [0.25, 0.3) is 11.5 Å². The maximum absolute atomic E-state index is 14.1. The van der Waals surface area contributed by atoms with E-state index in [9.17, 15) is 19.5 Å². The average Bonchev–Trinajstić information content (AvgIpc) is 3.60. The van der Waals surface area contributed by atoms with Crippen molar-refractivity contribution in [1.82, 2.24) is 9.47 Å². The molecule has 4 aromatic rings. The summed E-state index contributed by atoms with van der Waals surface area (Å²) < 4.78 is 19.0. The van der Waals surface area contributed by atoms with Crippen molar-refractivity contribution >= 4 is 40.9 Å². The van der Waals surface area contributed by atoms with Crippen LogP contribution in [0.2, 0.25) is 5.02 Å². The number of allylic oxidation sites excluding steroid dienone is 1. The minimum absolute atomic E-state index is 0.0474. The molecule has 1 aliphatic heterocycles. The second-order valence-corrected chi connectivity index (χ2v) is 11.3. The van der Waals surface area contributed by atoms with E-state index >= 15 is 0 Å². The van der Waals surface area contributed by atoms with Crippen LogP contribution in [0.15, 0.2) is 74.0 Å². The third-order valence-electron chi connectivity index (χ3n) is 7.42. The third-order valence-corrected chi connectivity index (χ3v) is 8.73. The number of aromatic carboxylic acids is 1. The van der Waals surface area contributed by atoms with Crippen LogP contribution in [0.4, 0.5) is 0 Å². The van der Waals surface area contributed by atoms with Crippen LogP contribution in [-0.4, -0.2) is 53.8 Å². The van der Waals surface area contributed by atoms with Gasteiger partial charge in [0.2, 0.25) is 0 Å². The van der Waals surface area contributed by atoms with Crippen molar-refractivity contribution in [2.75, 3.05) is 27.3 Å². The Hall–Kier alpha value is -4.61. The molecule has 0 saturated carbocycles. The van der Waals surface area contributed by atoms with Gasteiger partial charge in [-0.1, -0.05) is 22.9 Å². The number of ether oxygens (including phenoxy) is 2. The Bertz CT molecular complexity index is 1980. The number of fused-ring (bicyclic) bond motifs is 1. The van der Waals surface area contributed by atoms with Crippen LogP contribution in [0.1, 0.15) is 48.5 Å². The highest BCUT2D eigenvalue weighted by Gasteiger charge is 2.36. The number of hydrogen-bond donors (Lipinski definition) is 1. The molecule has 1 amide bonds. The Morgan fingerprint density at radius 1 is 1.11 bits per heavy atom. The predicted molar refractivity (Wildman–Crippen MR) is 167 cm³/mol. The van der Waals surface area contributed by atoms with E-state index in [1.54, 1.807) is 61.4 Å². The maximum atomic E-state index is 14.1. The van der Waals surface area contributed by atoms with E-state index in [1.807, 2.05) is 13.8 Å². The number of methoxy groups -OCH3 is 2. The molecule has 3 heterocycles. The molecule has 2 aromatic heterocycles. The van der Waals surface area contributed by atoms with Crippen LogP contribution in [0.3, 0.4) is 0 Å². The summed E-state index contributed by atoms with van der Waals surface area (Å²) in [6.07, 6.45) is 1.60. The number of likely N-dealkylation sites (N-methyl/N-ethyl adjacent to an activating group) is 1. The lowest BCUT2D eigenvalue weighted by Gasteiger charge is -2.30. The van der Waals surface area contributed by atoms with Crippen molar-refractivity contribution < 1.29 is 28.6 Å². The molecule has 228 valence electrons. The quantitative estimate of drug-likeness (QED) is 0.282. The second-order valence-electron chi connectivity index (χ2n) is 9.87. The molecule has 5 rings (SSSR count). The van der Waals surface area contributed by atoms with E-state index in [1.165, 1.54) is 35.1 Å². The predicted octanol–water partition coefficient (Wildman–Crippen LogP) is 4.73. The Morgan fingerprint density at radius 2 is 1.86 bits per heavy atom. The first-order chi connectivity index (χ1) is 21.1. The lowest BCUT2D eigenvalue weighted by molar-refractivity contribution is -0.127. The van der Waals surface area contributed by atoms with Crippen LogP contribution >= 0.6 is 22.9 Å². The largest absolute Gasteiger partial charge is 0.497 e. The molecule has 0 fully saturated rings. The van der Waals surface area contributed by atoms with E-state index in [2.05, 4.69) is 0 Å². The monoisotopic (exact) mass is 635 g/mol. The summed E-state index contributed by atoms with van der Waals surface area (Å²) in [6.45, 7) is 6.54. The fourth-order valence-electron chi connectivity index (χ4n) is 5.18. The summed E-state index contributed by atoms with van der Waals surface area (Å²) in [5.41, 5.74) is 1.57. The molecule has 0 bridgehead atoms. The molecule has 1 N–H and O–H groups in total. The molecule has 12 heteroatoms. The fraction of sp³-hybridized carbons (Fsp3) is 0.250. The number of nitrogens with zero attached hydrogens (tertiary/aromatic N) is 3. The van der Waals surface area contributed by atoms with E-state index in [0.29, 0.717) is 67.8 Å². The van der Waals surface area contributed by atoms with Gasteiger partial charge >= 0.3 is 5.97 Å². The number of rotatable bonds is 9. The Labute approximate surface area is 261 Å². The SMILES string of the molecule is CCN(CC)C(=O)C1=C(C)N=c2s/c(=C/c3ccc(-c4ccc(Cl)c(C(=O)O)c4)o3)c(=O)n2[C@H]1c1cc(OC)ccc1OC. The number of carboxylic acid groups (broad SMARTS) is 1. The van der Waals surface area contributed by atoms with E-state index in [0.717, 1.165) is 0 Å². The summed E-state index contributed by atoms with van der Waals surface area (Å²) >= 11 is 7.19. The molecule has 0 unspecified atom stereocenters. The maximum Gasteiger partial charge on any atom is 0.337 e. The Morgan fingerprint density at radius 3 is 2.52 bits per heavy atom. The van der Waals surface area contributed by atoms with Crippen molar-refractivity contribution in [3.63, 3.8) is 0 Å². The second kappa shape index (κ2) is 12.6. The lowest BCUT2D eigenvalue weighted by Crippen LogP contribution is -2.43. The molecular formula is C32H30ClN3O7S. The number of carbonyl (C=O) groups excluding carboxylic acids is 1. The van der Waals surface area contributed by atoms with Gasteiger partial charge in [0.15, 0.2) is 4.80 Å². The van der Waals surface area contributed by atoms with Crippen LogP contribution in [0.25, 0.3) is 17.4 Å². The highest BCUT2D eigenvalue weighted by atomic mass is 35.5. The van der Waals surface area contributed by atoms with Gasteiger partial charge in [0.05, 0.1) is 40.6 Å². The smallest absolute Gasteiger partial charge is 0.337 e. The average molecular weight is 636 g/mol. The Kier molecular flexibility index (Phi) is 8.80. The van der Waals surface area contributed by atoms with E-state index in [-0.39, 0.29) is 22.1 Å². The standard InChI is InChI=1S/C32H30ClN3O7S/c1-6-35(7-2)30(38)27-17(3)34-32-36(28(27)22-15-19(41-4)9-13-25(22)42-5)29(37)26(44-32)16-20-10-12-24(43-20)18-8-11-23(33)21(14-18)31(39)40/h8-16,28H,6-7H2,1-5H3,(H,39,40)/b26-16+/t28-/m0/s1. The molecule has 10 nitrogen and oxygen atoms in total. The Balaban J connectivity index is 1.68. The normalized spacial score (nSPS) is 14.7. The van der Waals surface area contributed by atoms with Gasteiger partial charge in [-0.05, 0) is 69.3 Å². The third kappa shape index (κ3) is 5.56. The number of thiazole rings is 1. The number of furan rings is 1. The number of benzene rings is 2. The zero-order valence-electron chi connectivity index (χ0n) is 24.7. The first-order valence-corrected chi connectivity index (χ1v) is 15.0. The van der Waals surface area contributed by atoms with Gasteiger partial charge in [-0.25, -0.2) is 9.79 Å². The molecule has 44 heavy (non-hydrogen) atoms. The summed E-state index contributed by atoms with van der Waals surface area (Å²) in [7, 11) is 3.08. The van der Waals surface area contributed by atoms with Crippen molar-refractivity contribution in [3.05, 3.63) is 101 Å². The van der Waals surface area contributed by atoms with Crippen molar-refractivity contribution in [1.29, 1.82) is 0 Å². The fourth-order valence-corrected chi connectivity index (χ4v) is 6.41. The molecule has 0 aliphatic carbocycles. The van der Waals surface area contributed by atoms with Gasteiger partial charge in [-0.3, -0.25) is 14.2 Å². The number of hydrogen-bond acceptors (Lipinski definition) is 8. The van der Waals surface area contributed by atoms with Crippen molar-refractivity contribution in [2.24, 2.45) is 4.99 Å². The molecule has 0 radical (unpaired) electrons. The van der Waals surface area contributed by atoms with Crippen LogP contribution < -0.4 is 24.4 Å². The molecule has 1 aliphatic rings. The number of aromatic nitrogens is 1. The zero-order valence-corrected chi connectivity index (χ0v) is 26.3. The van der Waals surface area contributed by atoms with Crippen LogP contribution in [0.5, 0.6) is 11.5 Å². The van der Waals surface area contributed by atoms with Gasteiger partial charge in [0, 0.05) is 30.3 Å². The molecule has 1 atom stereocenters. The minimum Gasteiger partial charge on any atom is -0.497 e. The number of carboxylic acids is 1. The first-order valence-electron chi connectivity index (χ1n) is 13.8. The summed E-state index contributed by atoms with van der Waals surface area (Å²) in [5, 5.41) is 9.55. The molecule has 0 saturated heterocycles. The summed E-state index contributed by atoms with van der Waals surface area (Å²) in [6, 6.07) is 12.4. The van der Waals surface area contributed by atoms with Crippen molar-refractivity contribution in [2.45, 2.75) is 26.8 Å². The number of amides is 1. The van der Waals surface area contributed by atoms with Gasteiger partial charge < -0.3 is 23.9 Å².